The van der Waals surface area contributed by atoms with Crippen LogP contribution in [0.5, 0.6) is 0 Å². The minimum absolute atomic E-state index is 0.400. The summed E-state index contributed by atoms with van der Waals surface area (Å²) in [6.07, 6.45) is 0. The maximum Gasteiger partial charge on any atom is 0.335 e. The SMILES string of the molecule is Cc1cc(S(=O)(=O)F)c(F)cc1Br. The van der Waals surface area contributed by atoms with Crippen molar-refractivity contribution >= 4 is 26.2 Å². The van der Waals surface area contributed by atoms with Crippen LogP contribution in [0.3, 0.4) is 0 Å². The highest BCUT2D eigenvalue weighted by Crippen LogP contribution is 2.24. The van der Waals surface area contributed by atoms with E-state index in [9.17, 15) is 16.7 Å². The Morgan fingerprint density at radius 2 is 1.92 bits per heavy atom. The number of halogens is 3. The first-order chi connectivity index (χ1) is 5.82. The van der Waals surface area contributed by atoms with Gasteiger partial charge in [0.25, 0.3) is 0 Å². The quantitative estimate of drug-likeness (QED) is 0.735. The Balaban J connectivity index is 3.50. The summed E-state index contributed by atoms with van der Waals surface area (Å²) in [6, 6.07) is 1.86. The zero-order valence-corrected chi connectivity index (χ0v) is 8.92. The van der Waals surface area contributed by atoms with E-state index in [-0.39, 0.29) is 0 Å². The van der Waals surface area contributed by atoms with Crippen molar-refractivity contribution < 1.29 is 16.7 Å². The third-order valence-corrected chi connectivity index (χ3v) is 3.17. The van der Waals surface area contributed by atoms with Crippen molar-refractivity contribution in [2.24, 2.45) is 0 Å². The van der Waals surface area contributed by atoms with Crippen molar-refractivity contribution in [3.05, 3.63) is 28.0 Å². The van der Waals surface area contributed by atoms with Gasteiger partial charge in [0.1, 0.15) is 10.7 Å². The van der Waals surface area contributed by atoms with Crippen LogP contribution in [0.2, 0.25) is 0 Å². The Morgan fingerprint density at radius 3 is 2.38 bits per heavy atom. The van der Waals surface area contributed by atoms with Crippen LogP contribution >= 0.6 is 15.9 Å². The molecule has 0 heterocycles. The van der Waals surface area contributed by atoms with E-state index in [1.54, 1.807) is 0 Å². The monoisotopic (exact) mass is 270 g/mol. The number of rotatable bonds is 1. The van der Waals surface area contributed by atoms with E-state index in [2.05, 4.69) is 15.9 Å². The van der Waals surface area contributed by atoms with Crippen molar-refractivity contribution in [2.75, 3.05) is 0 Å². The molecule has 6 heteroatoms. The Morgan fingerprint density at radius 1 is 1.38 bits per heavy atom. The first-order valence-electron chi connectivity index (χ1n) is 3.22. The molecule has 13 heavy (non-hydrogen) atoms. The summed E-state index contributed by atoms with van der Waals surface area (Å²) in [4.78, 5) is -0.923. The third-order valence-electron chi connectivity index (χ3n) is 1.48. The van der Waals surface area contributed by atoms with Crippen molar-refractivity contribution in [1.29, 1.82) is 0 Å². The van der Waals surface area contributed by atoms with Crippen molar-refractivity contribution in [1.82, 2.24) is 0 Å². The maximum atomic E-state index is 12.9. The van der Waals surface area contributed by atoms with Gasteiger partial charge in [-0.3, -0.25) is 0 Å². The third kappa shape index (κ3) is 2.25. The van der Waals surface area contributed by atoms with Crippen LogP contribution in [-0.4, -0.2) is 8.42 Å². The molecule has 0 aromatic heterocycles. The van der Waals surface area contributed by atoms with E-state index >= 15 is 0 Å². The van der Waals surface area contributed by atoms with E-state index in [0.717, 1.165) is 12.1 Å². The smallest absolute Gasteiger partial charge is 0.205 e. The number of benzene rings is 1. The van der Waals surface area contributed by atoms with Crippen LogP contribution in [0.25, 0.3) is 0 Å². The minimum atomic E-state index is -4.97. The topological polar surface area (TPSA) is 34.1 Å². The molecule has 0 aliphatic rings. The highest BCUT2D eigenvalue weighted by Gasteiger charge is 2.18. The van der Waals surface area contributed by atoms with Crippen LogP contribution in [0.4, 0.5) is 8.28 Å². The molecule has 1 aromatic rings. The van der Waals surface area contributed by atoms with Gasteiger partial charge in [-0.05, 0) is 24.6 Å². The van der Waals surface area contributed by atoms with Gasteiger partial charge in [-0.1, -0.05) is 15.9 Å². The summed E-state index contributed by atoms with van der Waals surface area (Å²) in [6.45, 7) is 1.54. The summed E-state index contributed by atoms with van der Waals surface area (Å²) in [5.41, 5.74) is 0.456. The molecule has 0 bridgehead atoms. The maximum absolute atomic E-state index is 12.9. The van der Waals surface area contributed by atoms with Crippen molar-refractivity contribution in [2.45, 2.75) is 11.8 Å². The second-order valence-electron chi connectivity index (χ2n) is 2.47. The van der Waals surface area contributed by atoms with Crippen molar-refractivity contribution in [3.63, 3.8) is 0 Å². The van der Waals surface area contributed by atoms with E-state index in [4.69, 9.17) is 0 Å². The molecule has 2 nitrogen and oxygen atoms in total. The molecule has 0 atom stereocenters. The minimum Gasteiger partial charge on any atom is -0.205 e. The number of hydrogen-bond acceptors (Lipinski definition) is 2. The van der Waals surface area contributed by atoms with Gasteiger partial charge < -0.3 is 0 Å². The Bertz CT molecular complexity index is 442. The molecule has 0 aliphatic carbocycles. The van der Waals surface area contributed by atoms with Crippen LogP contribution in [0.15, 0.2) is 21.5 Å². The van der Waals surface area contributed by atoms with E-state index in [1.807, 2.05) is 0 Å². The lowest BCUT2D eigenvalue weighted by Crippen LogP contribution is -1.97. The lowest BCUT2D eigenvalue weighted by molar-refractivity contribution is 0.533. The second-order valence-corrected chi connectivity index (χ2v) is 4.64. The van der Waals surface area contributed by atoms with E-state index in [0.29, 0.717) is 10.0 Å². The first-order valence-corrected chi connectivity index (χ1v) is 5.40. The highest BCUT2D eigenvalue weighted by atomic mass is 79.9. The molecule has 0 radical (unpaired) electrons. The predicted molar refractivity (Wildman–Crippen MR) is 47.1 cm³/mol. The van der Waals surface area contributed by atoms with Crippen LogP contribution in [0, 0.1) is 12.7 Å². The fourth-order valence-electron chi connectivity index (χ4n) is 0.818. The van der Waals surface area contributed by atoms with Crippen LogP contribution in [0.1, 0.15) is 5.56 Å². The highest BCUT2D eigenvalue weighted by molar-refractivity contribution is 9.10. The fraction of sp³-hybridized carbons (Fsp3) is 0.143. The molecule has 0 aliphatic heterocycles. The summed E-state index contributed by atoms with van der Waals surface area (Å²) in [5.74, 6) is -1.10. The Hall–Kier alpha value is -0.490. The normalized spacial score (nSPS) is 11.7. The molecular weight excluding hydrogens is 266 g/mol. The molecule has 1 aromatic carbocycles. The zero-order chi connectivity index (χ0) is 10.2. The molecule has 0 amide bonds. The fourth-order valence-corrected chi connectivity index (χ4v) is 1.74. The molecule has 0 spiro atoms. The van der Waals surface area contributed by atoms with E-state index in [1.165, 1.54) is 6.92 Å². The van der Waals surface area contributed by atoms with Gasteiger partial charge in [0.05, 0.1) is 0 Å². The summed E-state index contributed by atoms with van der Waals surface area (Å²) in [7, 11) is -4.97. The van der Waals surface area contributed by atoms with Gasteiger partial charge in [0.15, 0.2) is 0 Å². The van der Waals surface area contributed by atoms with Gasteiger partial charge in [-0.15, -0.1) is 3.89 Å². The van der Waals surface area contributed by atoms with Gasteiger partial charge in [0.2, 0.25) is 0 Å². The molecule has 0 fully saturated rings. The van der Waals surface area contributed by atoms with Crippen LogP contribution < -0.4 is 0 Å². The van der Waals surface area contributed by atoms with Gasteiger partial charge >= 0.3 is 10.2 Å². The van der Waals surface area contributed by atoms with Gasteiger partial charge in [-0.25, -0.2) is 4.39 Å². The average Bonchev–Trinajstić information content (AvgIpc) is 1.94. The predicted octanol–water partition coefficient (Wildman–Crippen LogP) is 2.55. The molecule has 72 valence electrons. The zero-order valence-electron chi connectivity index (χ0n) is 6.51. The Kier molecular flexibility index (Phi) is 2.72. The lowest BCUT2D eigenvalue weighted by Gasteiger charge is -2.01. The standard InChI is InChI=1S/C7H5BrF2O2S/c1-4-2-7(13(10,11)12)6(9)3-5(4)8/h2-3H,1H3. The number of hydrogen-bond donors (Lipinski definition) is 0. The summed E-state index contributed by atoms with van der Waals surface area (Å²) in [5, 5.41) is 0. The molecule has 1 rings (SSSR count). The molecule has 0 saturated carbocycles. The van der Waals surface area contributed by atoms with Crippen molar-refractivity contribution in [3.8, 4) is 0 Å². The largest absolute Gasteiger partial charge is 0.335 e. The number of aryl methyl sites for hydroxylation is 1. The summed E-state index contributed by atoms with van der Waals surface area (Å²) < 4.78 is 46.5. The molecule has 0 unspecified atom stereocenters. The lowest BCUT2D eigenvalue weighted by atomic mass is 10.2. The second kappa shape index (κ2) is 3.34. The molecule has 0 N–H and O–H groups in total. The first kappa shape index (κ1) is 10.6. The van der Waals surface area contributed by atoms with Gasteiger partial charge in [-0.2, -0.15) is 8.42 Å². The molecular formula is C7H5BrF2O2S. The van der Waals surface area contributed by atoms with Crippen LogP contribution in [-0.2, 0) is 10.2 Å². The van der Waals surface area contributed by atoms with E-state index < -0.39 is 20.9 Å². The molecule has 0 saturated heterocycles. The average molecular weight is 271 g/mol. The van der Waals surface area contributed by atoms with Gasteiger partial charge in [0, 0.05) is 4.47 Å². The summed E-state index contributed by atoms with van der Waals surface area (Å²) >= 11 is 2.99. The Labute approximate surface area is 82.9 Å².